The fourth-order valence-electron chi connectivity index (χ4n) is 2.15. The Kier molecular flexibility index (Phi) is 3.87. The lowest BCUT2D eigenvalue weighted by molar-refractivity contribution is -0.112. The van der Waals surface area contributed by atoms with Gasteiger partial charge in [-0.25, -0.2) is 0 Å². The van der Waals surface area contributed by atoms with Crippen LogP contribution in [0.2, 0.25) is 5.02 Å². The highest BCUT2D eigenvalue weighted by atomic mass is 35.5. The van der Waals surface area contributed by atoms with Gasteiger partial charge in [0.15, 0.2) is 5.82 Å². The first kappa shape index (κ1) is 14.9. The van der Waals surface area contributed by atoms with E-state index < -0.39 is 5.91 Å². The molecule has 23 heavy (non-hydrogen) atoms. The number of fused-ring (bicyclic) bond motifs is 1. The second-order valence-electron chi connectivity index (χ2n) is 4.88. The molecule has 1 aromatic carbocycles. The van der Waals surface area contributed by atoms with Crippen molar-refractivity contribution in [3.05, 3.63) is 52.4 Å². The molecule has 0 atom stereocenters. The topological polar surface area (TPSA) is 94.7 Å². The maximum atomic E-state index is 12.2. The molecule has 1 amide bonds. The van der Waals surface area contributed by atoms with E-state index in [1.165, 1.54) is 6.08 Å². The Hall–Kier alpha value is -3.04. The number of aromatic amines is 1. The van der Waals surface area contributed by atoms with Crippen molar-refractivity contribution in [2.24, 2.45) is 0 Å². The van der Waals surface area contributed by atoms with Crippen molar-refractivity contribution < 1.29 is 9.32 Å². The standard InChI is InChI=1S/C16H11ClN4O2/c1-9-4-15(21-23-9)20-16(22)10(7-18)5-11-8-19-14-6-12(17)2-3-13(11)14/h2-6,8,19H,1H3,(H,20,21,22)/b10-5+. The van der Waals surface area contributed by atoms with E-state index in [4.69, 9.17) is 16.1 Å². The molecule has 0 saturated heterocycles. The predicted octanol–water partition coefficient (Wildman–Crippen LogP) is 3.66. The van der Waals surface area contributed by atoms with Crippen LogP contribution in [0, 0.1) is 18.3 Å². The van der Waals surface area contributed by atoms with Crippen molar-refractivity contribution in [1.29, 1.82) is 5.26 Å². The first-order valence-electron chi connectivity index (χ1n) is 6.70. The van der Waals surface area contributed by atoms with Crippen LogP contribution in [-0.4, -0.2) is 16.0 Å². The molecule has 0 fully saturated rings. The average Bonchev–Trinajstić information content (AvgIpc) is 3.10. The summed E-state index contributed by atoms with van der Waals surface area (Å²) in [6.45, 7) is 1.71. The molecule has 2 heterocycles. The van der Waals surface area contributed by atoms with Crippen LogP contribution in [-0.2, 0) is 4.79 Å². The van der Waals surface area contributed by atoms with Crippen LogP contribution in [0.5, 0.6) is 0 Å². The Labute approximate surface area is 136 Å². The number of rotatable bonds is 3. The van der Waals surface area contributed by atoms with Crippen molar-refractivity contribution >= 4 is 40.3 Å². The summed E-state index contributed by atoms with van der Waals surface area (Å²) >= 11 is 5.94. The minimum Gasteiger partial charge on any atom is -0.361 e. The van der Waals surface area contributed by atoms with E-state index in [9.17, 15) is 10.1 Å². The Balaban J connectivity index is 1.91. The SMILES string of the molecule is Cc1cc(NC(=O)/C(C#N)=C/c2c[nH]c3cc(Cl)ccc23)no1. The quantitative estimate of drug-likeness (QED) is 0.567. The maximum Gasteiger partial charge on any atom is 0.267 e. The summed E-state index contributed by atoms with van der Waals surface area (Å²) in [6.07, 6.45) is 3.22. The van der Waals surface area contributed by atoms with Gasteiger partial charge in [-0.1, -0.05) is 22.8 Å². The molecule has 114 valence electrons. The Morgan fingerprint density at radius 2 is 2.30 bits per heavy atom. The van der Waals surface area contributed by atoms with Crippen molar-refractivity contribution in [2.45, 2.75) is 6.92 Å². The summed E-state index contributed by atoms with van der Waals surface area (Å²) in [6, 6.07) is 8.82. The van der Waals surface area contributed by atoms with Gasteiger partial charge in [0, 0.05) is 33.8 Å². The molecule has 0 aliphatic carbocycles. The maximum absolute atomic E-state index is 12.2. The Morgan fingerprint density at radius 3 is 3.00 bits per heavy atom. The van der Waals surface area contributed by atoms with Gasteiger partial charge < -0.3 is 14.8 Å². The molecule has 3 rings (SSSR count). The van der Waals surface area contributed by atoms with E-state index in [0.29, 0.717) is 10.8 Å². The number of carbonyl (C=O) groups excluding carboxylic acids is 1. The predicted molar refractivity (Wildman–Crippen MR) is 86.8 cm³/mol. The molecular weight excluding hydrogens is 316 g/mol. The van der Waals surface area contributed by atoms with Gasteiger partial charge in [0.25, 0.3) is 5.91 Å². The molecule has 7 heteroatoms. The fourth-order valence-corrected chi connectivity index (χ4v) is 2.33. The van der Waals surface area contributed by atoms with Gasteiger partial charge in [-0.15, -0.1) is 0 Å². The van der Waals surface area contributed by atoms with E-state index in [1.54, 1.807) is 31.3 Å². The number of aromatic nitrogens is 2. The number of halogens is 1. The second kappa shape index (κ2) is 5.99. The summed E-state index contributed by atoms with van der Waals surface area (Å²) in [5, 5.41) is 16.9. The van der Waals surface area contributed by atoms with Gasteiger partial charge in [-0.2, -0.15) is 5.26 Å². The average molecular weight is 327 g/mol. The number of nitrogens with zero attached hydrogens (tertiary/aromatic N) is 2. The largest absolute Gasteiger partial charge is 0.361 e. The minimum absolute atomic E-state index is 0.0403. The Morgan fingerprint density at radius 1 is 1.48 bits per heavy atom. The lowest BCUT2D eigenvalue weighted by Crippen LogP contribution is -2.13. The lowest BCUT2D eigenvalue weighted by atomic mass is 10.1. The summed E-state index contributed by atoms with van der Waals surface area (Å²) in [5.41, 5.74) is 1.51. The third-order valence-corrected chi connectivity index (χ3v) is 3.45. The number of H-pyrrole nitrogens is 1. The number of amides is 1. The fraction of sp³-hybridized carbons (Fsp3) is 0.0625. The highest BCUT2D eigenvalue weighted by Crippen LogP contribution is 2.24. The molecule has 3 aromatic rings. The van der Waals surface area contributed by atoms with Crippen LogP contribution < -0.4 is 5.32 Å². The number of hydrogen-bond donors (Lipinski definition) is 2. The van der Waals surface area contributed by atoms with Crippen molar-refractivity contribution in [3.63, 3.8) is 0 Å². The van der Waals surface area contributed by atoms with E-state index in [-0.39, 0.29) is 11.4 Å². The van der Waals surface area contributed by atoms with Crippen LogP contribution in [0.25, 0.3) is 17.0 Å². The third-order valence-electron chi connectivity index (χ3n) is 3.21. The molecule has 0 unspecified atom stereocenters. The number of carbonyl (C=O) groups is 1. The molecule has 0 bridgehead atoms. The zero-order valence-electron chi connectivity index (χ0n) is 12.1. The summed E-state index contributed by atoms with van der Waals surface area (Å²) in [5.74, 6) is 0.278. The number of anilines is 1. The zero-order valence-corrected chi connectivity index (χ0v) is 12.8. The van der Waals surface area contributed by atoms with Crippen LogP contribution >= 0.6 is 11.6 Å². The van der Waals surface area contributed by atoms with E-state index in [0.717, 1.165) is 16.5 Å². The van der Waals surface area contributed by atoms with Gasteiger partial charge in [0.2, 0.25) is 0 Å². The number of hydrogen-bond acceptors (Lipinski definition) is 4. The third kappa shape index (κ3) is 3.10. The number of nitrogens with one attached hydrogen (secondary N) is 2. The van der Waals surface area contributed by atoms with Gasteiger partial charge in [-0.05, 0) is 25.1 Å². The summed E-state index contributed by atoms with van der Waals surface area (Å²) in [7, 11) is 0. The van der Waals surface area contributed by atoms with Crippen molar-refractivity contribution in [1.82, 2.24) is 10.1 Å². The van der Waals surface area contributed by atoms with Gasteiger partial charge in [0.1, 0.15) is 17.4 Å². The minimum atomic E-state index is -0.552. The number of benzene rings is 1. The normalized spacial score (nSPS) is 11.4. The second-order valence-corrected chi connectivity index (χ2v) is 5.32. The molecule has 0 aliphatic heterocycles. The molecule has 0 saturated carbocycles. The smallest absolute Gasteiger partial charge is 0.267 e. The van der Waals surface area contributed by atoms with Crippen molar-refractivity contribution in [2.75, 3.05) is 5.32 Å². The van der Waals surface area contributed by atoms with Gasteiger partial charge in [0.05, 0.1) is 0 Å². The summed E-state index contributed by atoms with van der Waals surface area (Å²) < 4.78 is 4.87. The van der Waals surface area contributed by atoms with Crippen LogP contribution in [0.3, 0.4) is 0 Å². The summed E-state index contributed by atoms with van der Waals surface area (Å²) in [4.78, 5) is 15.2. The molecule has 0 radical (unpaired) electrons. The van der Waals surface area contributed by atoms with Gasteiger partial charge in [-0.3, -0.25) is 4.79 Å². The highest BCUT2D eigenvalue weighted by molar-refractivity contribution is 6.31. The monoisotopic (exact) mass is 326 g/mol. The van der Waals surface area contributed by atoms with Crippen molar-refractivity contribution in [3.8, 4) is 6.07 Å². The number of nitriles is 1. The molecule has 2 N–H and O–H groups in total. The van der Waals surface area contributed by atoms with Crippen LogP contribution in [0.4, 0.5) is 5.82 Å². The zero-order chi connectivity index (χ0) is 16.4. The highest BCUT2D eigenvalue weighted by Gasteiger charge is 2.13. The van der Waals surface area contributed by atoms with E-state index >= 15 is 0 Å². The van der Waals surface area contributed by atoms with Crippen LogP contribution in [0.15, 0.2) is 40.6 Å². The number of aryl methyl sites for hydroxylation is 1. The van der Waals surface area contributed by atoms with E-state index in [2.05, 4.69) is 15.5 Å². The van der Waals surface area contributed by atoms with Crippen LogP contribution in [0.1, 0.15) is 11.3 Å². The molecule has 6 nitrogen and oxygen atoms in total. The lowest BCUT2D eigenvalue weighted by Gasteiger charge is -1.99. The molecule has 0 spiro atoms. The molecule has 0 aliphatic rings. The molecule has 2 aromatic heterocycles. The Bertz CT molecular complexity index is 962. The van der Waals surface area contributed by atoms with E-state index in [1.807, 2.05) is 12.1 Å². The molecular formula is C16H11ClN4O2. The van der Waals surface area contributed by atoms with Gasteiger partial charge >= 0.3 is 0 Å². The first-order chi connectivity index (χ1) is 11.1. The first-order valence-corrected chi connectivity index (χ1v) is 7.08.